The average Bonchev–Trinajstić information content (AvgIpc) is 1.35. The van der Waals surface area contributed by atoms with Gasteiger partial charge in [-0.1, -0.05) is 147 Å². The first-order valence-electron chi connectivity index (χ1n) is 58.6. The number of carboxylic acids is 1. The van der Waals surface area contributed by atoms with Crippen LogP contribution < -0.4 is 0 Å². The molecule has 22 rings (SSSR count). The summed E-state index contributed by atoms with van der Waals surface area (Å²) in [5.41, 5.74) is 3.53. The van der Waals surface area contributed by atoms with Gasteiger partial charge in [0.25, 0.3) is 5.97 Å². The van der Waals surface area contributed by atoms with Gasteiger partial charge in [0.1, 0.15) is 11.9 Å². The predicted octanol–water partition coefficient (Wildman–Crippen LogP) is 31.7. The maximum atomic E-state index is 12.4. The topological polar surface area (TPSA) is 272 Å². The van der Waals surface area contributed by atoms with Crippen molar-refractivity contribution >= 4 is 72.4 Å². The molecule has 0 radical (unpaired) electrons. The largest absolute Gasteiger partial charge is 2.00 e. The van der Waals surface area contributed by atoms with Crippen LogP contribution >= 0.6 is 57.4 Å². The number of aliphatic hydroxyl groups is 3. The van der Waals surface area contributed by atoms with Gasteiger partial charge in [-0.25, -0.2) is 0 Å². The zero-order valence-electron chi connectivity index (χ0n) is 94.5. The standard InChI is InChI=1S/C24H37NO.C23H35NO2.C22H36O.C21H33NO.C20H32O2.C4H8O.C2H4O2.C2H3O.2C2H5.CH2Cl2.CH2ClI.CH4.Hg.H2O.Zn/c1-15-12-16-4-8-19-20-9-5-17(14-25)23(20,2)11-10-21(19)24(16,3)13-22(15)26-18-6-7-18;1-22-10-9-19-17(18(22)8-4-15(22)13-24)7-3-14-11-20(25)21(12-23(14,19)2)26-16-5-6-16;1-5-23-20-14-22(4)16(13-15(20)2)8-9-17-18-7-6-11-21(18,3)12-10-19(17)22;1-13-10-14-4-6-16-17-7-5-15(12-22)20(17,2)9-8-18(16)21(14,3)11-19(13)23;1-12-10-13-4-5-14-15-6-7-18(22)19(15,2)9-8-16(14)20(13,3)11-17(12)21;1-3-5-4-2;1-2(3)4;1-2-3;2*1-2;2*2-1-3;;;;/h15-22H,4-13H2,1-3H3;14-21,25H,3-12H2,1-2H3;5,15-20H,1,6-14H2,2-4H3;13-19,23H,4-11H2,1-3H3;12-17,21H,4-11H2,1-3H3;3H,1,4H2,2H3;1H3,(H,3,4);1H3;2*1H2,2H3;2*1H2;1H4;;1H2;/q;;;;;;;;2*-1;;;;;;+2/t15-,16-,17-,19-,20-,21-,22-,23+,24-;14-,15-,17-,18-,19-,20-,21-,22+,23-;15-,16-,17-,18-,19-,20-,21-,22-;13-,14-,15-,16-,17-,18-,19-,20+,21-;12-,13-,14-,15-,16-,17-,19-,20-;;;;;;;;;;;/m00000.........../s1. The summed E-state index contributed by atoms with van der Waals surface area (Å²) in [4.78, 5) is 31.0. The van der Waals surface area contributed by atoms with Crippen molar-refractivity contribution in [1.82, 2.24) is 0 Å². The first-order valence-corrected chi connectivity index (χ1v) is 64.5. The molecule has 6 N–H and O–H groups in total. The van der Waals surface area contributed by atoms with Crippen molar-refractivity contribution in [2.24, 2.45) is 214 Å². The molecule has 0 bridgehead atoms. The van der Waals surface area contributed by atoms with Crippen LogP contribution in [0.25, 0.3) is 0 Å². The number of ether oxygens (including phenoxy) is 4. The van der Waals surface area contributed by atoms with Crippen molar-refractivity contribution in [2.45, 2.75) is 477 Å². The first kappa shape index (κ1) is 130. The van der Waals surface area contributed by atoms with E-state index in [1.165, 1.54) is 231 Å². The number of fused-ring (bicyclic) bond motifs is 25. The van der Waals surface area contributed by atoms with Crippen LogP contribution in [-0.4, -0.2) is 106 Å². The van der Waals surface area contributed by atoms with Gasteiger partial charge in [-0.3, -0.25) is 9.59 Å². The van der Waals surface area contributed by atoms with Crippen LogP contribution in [0.15, 0.2) is 25.7 Å². The minimum Gasteiger partial charge on any atom is -0.412 e. The van der Waals surface area contributed by atoms with E-state index in [0.29, 0.717) is 137 Å². The van der Waals surface area contributed by atoms with E-state index in [2.05, 4.69) is 169 Å². The molecule has 21 heteroatoms. The number of ketones is 1. The monoisotopic (exact) mass is 2440 g/mol. The predicted molar refractivity (Wildman–Crippen MR) is 598 cm³/mol. The molecule has 0 heterocycles. The van der Waals surface area contributed by atoms with Gasteiger partial charge >= 0.3 is 60.6 Å². The fourth-order valence-electron chi connectivity index (χ4n) is 39.2. The molecular weight excluding hydrogens is 2230 g/mol. The molecule has 0 aliphatic heterocycles. The molecule has 0 aromatic carbocycles. The van der Waals surface area contributed by atoms with Crippen LogP contribution in [0.2, 0.25) is 0 Å². The third-order valence-corrected chi connectivity index (χ3v) is 47.0. The number of carbonyl (C=O) groups excluding carboxylic acids is 2. The van der Waals surface area contributed by atoms with Crippen molar-refractivity contribution < 1.29 is 105 Å². The number of nitriles is 3. The molecule has 0 aromatic heterocycles. The third-order valence-electron chi connectivity index (χ3n) is 47.0. The summed E-state index contributed by atoms with van der Waals surface area (Å²) < 4.78 is 24.4. The molecule has 22 fully saturated rings. The Hall–Kier alpha value is -0.722. The van der Waals surface area contributed by atoms with E-state index in [1.807, 2.05) is 6.92 Å². The SMILES string of the molecule is C.C=COCC.C=CO[C@H]1C[C@@]2(C)[C@@H](CC[C@H]3[C@@H]4CCC[C@@]4(C)CC[C@@H]32)C[C@@H]1C.CC(=O)O.C[C@H]1C[C@@H]2CC[C@@H]3[C@H](CC[C@]4(C)C(=O)CC[C@@H]34)[C@@]2(C)C[C@@H]1O.C[C@H]1C[C@@H]2CC[C@@H]3[C@H](CC[C@]4(C)[C@H](C#N)CC[C@@H]34)[C@@]2(C)C[C@@H]1O.C[C@H]1C[C@@H]2CC[C@@H]3[C@H](CC[C@]4(C)[C@H](C#N)CC[C@@H]34)[C@@]2(C)C[C@@H]1OC1CC1.C[C@]12C[C@H](OC3CC3)[C@@H](O)C[C@@H]1CC[C@@H]1[C@@H]2CC[C@]2(C)[C@H](C#N)CC[C@@H]12.C[C](=O)[Hg].ClCCl.ClCI.O.[CH2-]C.[CH2-]C.[Zn+2]. The van der Waals surface area contributed by atoms with Crippen molar-refractivity contribution in [3.05, 3.63) is 39.5 Å². The van der Waals surface area contributed by atoms with Crippen LogP contribution in [-0.2, 0) is 78.9 Å². The summed E-state index contributed by atoms with van der Waals surface area (Å²) in [6.07, 6.45) is 62.0. The molecule has 0 saturated heterocycles. The molecule has 43 atom stereocenters. The van der Waals surface area contributed by atoms with Gasteiger partial charge in [-0.05, 0) is 474 Å². The smallest absolute Gasteiger partial charge is 0.412 e. The summed E-state index contributed by atoms with van der Waals surface area (Å²) in [5.74, 6) is 19.5. The van der Waals surface area contributed by atoms with Crippen molar-refractivity contribution in [1.29, 1.82) is 15.8 Å². The number of hydrogen-bond acceptors (Lipinski definition) is 13. The van der Waals surface area contributed by atoms with Crippen LogP contribution in [0.4, 0.5) is 0 Å². The zero-order valence-corrected chi connectivity index (χ0v) is 107. The van der Waals surface area contributed by atoms with Gasteiger partial charge in [0, 0.05) is 18.8 Å². The van der Waals surface area contributed by atoms with Crippen molar-refractivity contribution in [2.75, 3.05) is 15.8 Å². The second kappa shape index (κ2) is 55.9. The van der Waals surface area contributed by atoms with Gasteiger partial charge in [-0.15, -0.1) is 34.8 Å². The molecule has 22 aliphatic rings. The Morgan fingerprint density at radius 3 is 1.08 bits per heavy atom. The summed E-state index contributed by atoms with van der Waals surface area (Å²) in [6, 6.07) is 7.98. The molecule has 0 amide bonds. The second-order valence-corrected chi connectivity index (χ2v) is 60.3. The van der Waals surface area contributed by atoms with Gasteiger partial charge < -0.3 is 58.7 Å². The summed E-state index contributed by atoms with van der Waals surface area (Å²) in [5, 5.41) is 68.3. The normalized spacial score (nSPS) is 47.6. The number of halogens is 4. The van der Waals surface area contributed by atoms with E-state index in [9.17, 15) is 40.7 Å². The Bertz CT molecular complexity index is 4100. The Kier molecular flexibility index (Phi) is 49.9. The number of nitrogens with zero attached hydrogens (tertiary/aromatic N) is 3. The Labute approximate surface area is 948 Å². The Balaban J connectivity index is 0.000000210. The Morgan fingerprint density at radius 2 is 0.733 bits per heavy atom. The van der Waals surface area contributed by atoms with Crippen LogP contribution in [0, 0.1) is 262 Å². The fourth-order valence-corrected chi connectivity index (χ4v) is 39.2. The molecule has 827 valence electrons. The zero-order chi connectivity index (χ0) is 105. The van der Waals surface area contributed by atoms with Crippen LogP contribution in [0.5, 0.6) is 0 Å². The summed E-state index contributed by atoms with van der Waals surface area (Å²) in [7, 11) is 0. The van der Waals surface area contributed by atoms with Gasteiger partial charge in [0.2, 0.25) is 0 Å². The summed E-state index contributed by atoms with van der Waals surface area (Å²) in [6.45, 7) is 56.8. The molecule has 146 heavy (non-hydrogen) atoms. The maximum Gasteiger partial charge on any atom is 2.00 e. The van der Waals surface area contributed by atoms with Gasteiger partial charge in [0.05, 0.1) is 107 Å². The van der Waals surface area contributed by atoms with Crippen LogP contribution in [0.1, 0.15) is 428 Å². The molecule has 22 aliphatic carbocycles. The number of carbonyl (C=O) groups is 3. The quantitative estimate of drug-likeness (QED) is 0.0579. The van der Waals surface area contributed by atoms with Gasteiger partial charge in [0.15, 0.2) is 0 Å². The molecule has 22 saturated carbocycles. The second-order valence-electron chi connectivity index (χ2n) is 53.6. The molecule has 0 unspecified atom stereocenters. The first-order chi connectivity index (χ1) is 67.8. The Morgan fingerprint density at radius 1 is 0.432 bits per heavy atom. The van der Waals surface area contributed by atoms with Crippen LogP contribution in [0.3, 0.4) is 0 Å². The average molecular weight is 2440 g/mol. The van der Waals surface area contributed by atoms with E-state index in [-0.39, 0.29) is 90.2 Å². The number of Topliss-reactive ketones (excluding diaryl/α,β-unsaturated/α-hetero) is 1. The van der Waals surface area contributed by atoms with E-state index >= 15 is 0 Å². The minimum absolute atomic E-state index is 0. The number of aliphatic hydroxyl groups excluding tert-OH is 3. The summed E-state index contributed by atoms with van der Waals surface area (Å²) >= 11 is 16.9. The van der Waals surface area contributed by atoms with Crippen molar-refractivity contribution in [3.8, 4) is 18.2 Å². The number of rotatable bonds is 8. The molecule has 15 nitrogen and oxygen atoms in total. The van der Waals surface area contributed by atoms with E-state index in [0.717, 1.165) is 190 Å². The number of carboxylic acid groups (broad SMARTS) is 1. The third kappa shape index (κ3) is 27.4. The number of alkyl halides is 4. The van der Waals surface area contributed by atoms with E-state index < -0.39 is 5.97 Å². The molecule has 0 aromatic rings. The van der Waals surface area contributed by atoms with E-state index in [4.69, 9.17) is 58.9 Å². The molecular formula is C125H208Cl3HgIN3O12Zn. The number of aliphatic carboxylic acids is 1. The van der Waals surface area contributed by atoms with Crippen molar-refractivity contribution in [3.63, 3.8) is 0 Å². The minimum atomic E-state index is -0.833. The van der Waals surface area contributed by atoms with Gasteiger partial charge in [-0.2, -0.15) is 29.6 Å². The molecule has 0 spiro atoms. The maximum absolute atomic E-state index is 12.4. The number of hydrogen-bond donors (Lipinski definition) is 4. The fraction of sp³-hybridized carbons (Fsp3) is 0.904. The van der Waals surface area contributed by atoms with E-state index in [1.54, 1.807) is 27.0 Å².